The zero-order valence-electron chi connectivity index (χ0n) is 10.9. The monoisotopic (exact) mass is 241 g/mol. The van der Waals surface area contributed by atoms with E-state index < -0.39 is 12.0 Å². The topological polar surface area (TPSA) is 66.4 Å². The van der Waals surface area contributed by atoms with Crippen LogP contribution in [0.1, 0.15) is 46.5 Å². The molecule has 0 radical (unpaired) electrons. The van der Waals surface area contributed by atoms with E-state index in [1.807, 2.05) is 0 Å². The molecule has 0 aliphatic heterocycles. The molecule has 1 aliphatic rings. The van der Waals surface area contributed by atoms with Gasteiger partial charge in [0.2, 0.25) is 5.91 Å². The van der Waals surface area contributed by atoms with E-state index in [2.05, 4.69) is 12.2 Å². The number of carbonyl (C=O) groups excluding carboxylic acids is 1. The summed E-state index contributed by atoms with van der Waals surface area (Å²) in [7, 11) is 0. The molecule has 17 heavy (non-hydrogen) atoms. The summed E-state index contributed by atoms with van der Waals surface area (Å²) in [6.07, 6.45) is 3.84. The average Bonchev–Trinajstić information content (AvgIpc) is 2.59. The Bertz CT molecular complexity index is 288. The number of carbonyl (C=O) groups is 2. The van der Waals surface area contributed by atoms with Gasteiger partial charge in [-0.25, -0.2) is 4.79 Å². The molecule has 4 nitrogen and oxygen atoms in total. The number of hydrogen-bond donors (Lipinski definition) is 2. The minimum Gasteiger partial charge on any atom is -0.480 e. The second-order valence-electron chi connectivity index (χ2n) is 5.62. The molecule has 0 saturated heterocycles. The highest BCUT2D eigenvalue weighted by atomic mass is 16.4. The van der Waals surface area contributed by atoms with Crippen molar-refractivity contribution < 1.29 is 14.7 Å². The van der Waals surface area contributed by atoms with Gasteiger partial charge in [0.25, 0.3) is 0 Å². The molecule has 1 saturated carbocycles. The summed E-state index contributed by atoms with van der Waals surface area (Å²) in [4.78, 5) is 22.7. The summed E-state index contributed by atoms with van der Waals surface area (Å²) >= 11 is 0. The third-order valence-electron chi connectivity index (χ3n) is 3.53. The van der Waals surface area contributed by atoms with Crippen LogP contribution in [0.3, 0.4) is 0 Å². The molecule has 0 heterocycles. The van der Waals surface area contributed by atoms with Gasteiger partial charge in [0.15, 0.2) is 0 Å². The van der Waals surface area contributed by atoms with Crippen LogP contribution in [0, 0.1) is 17.8 Å². The summed E-state index contributed by atoms with van der Waals surface area (Å²) in [5, 5.41) is 11.6. The predicted octanol–water partition coefficient (Wildman–Crippen LogP) is 2.04. The van der Waals surface area contributed by atoms with Crippen molar-refractivity contribution in [2.45, 2.75) is 52.5 Å². The third kappa shape index (κ3) is 4.36. The molecular formula is C13H23NO3. The Hall–Kier alpha value is -1.06. The van der Waals surface area contributed by atoms with Crippen molar-refractivity contribution in [3.63, 3.8) is 0 Å². The largest absolute Gasteiger partial charge is 0.480 e. The van der Waals surface area contributed by atoms with Crippen LogP contribution in [-0.4, -0.2) is 23.0 Å². The van der Waals surface area contributed by atoms with Gasteiger partial charge in [-0.2, -0.15) is 0 Å². The van der Waals surface area contributed by atoms with E-state index >= 15 is 0 Å². The lowest BCUT2D eigenvalue weighted by atomic mass is 10.0. The van der Waals surface area contributed by atoms with Crippen molar-refractivity contribution in [3.8, 4) is 0 Å². The summed E-state index contributed by atoms with van der Waals surface area (Å²) < 4.78 is 0. The molecule has 3 atom stereocenters. The van der Waals surface area contributed by atoms with Gasteiger partial charge < -0.3 is 10.4 Å². The molecule has 0 spiro atoms. The molecule has 1 fully saturated rings. The second kappa shape index (κ2) is 6.03. The SMILES string of the molecule is CC1CCC(CC(=O)N[C@@H](C(=O)O)C(C)C)C1. The van der Waals surface area contributed by atoms with E-state index in [9.17, 15) is 9.59 Å². The van der Waals surface area contributed by atoms with E-state index in [0.29, 0.717) is 18.3 Å². The van der Waals surface area contributed by atoms with Crippen molar-refractivity contribution >= 4 is 11.9 Å². The number of carboxylic acids is 1. The van der Waals surface area contributed by atoms with Gasteiger partial charge >= 0.3 is 5.97 Å². The molecule has 1 aliphatic carbocycles. The molecule has 0 aromatic heterocycles. The van der Waals surface area contributed by atoms with Crippen molar-refractivity contribution in [3.05, 3.63) is 0 Å². The Morgan fingerprint density at radius 2 is 2.00 bits per heavy atom. The van der Waals surface area contributed by atoms with E-state index in [4.69, 9.17) is 5.11 Å². The lowest BCUT2D eigenvalue weighted by Gasteiger charge is -2.19. The van der Waals surface area contributed by atoms with E-state index in [0.717, 1.165) is 12.8 Å². The maximum atomic E-state index is 11.8. The van der Waals surface area contributed by atoms with Crippen molar-refractivity contribution in [2.24, 2.45) is 17.8 Å². The number of carboxylic acid groups (broad SMARTS) is 1. The zero-order chi connectivity index (χ0) is 13.0. The Labute approximate surface area is 103 Å². The van der Waals surface area contributed by atoms with Gasteiger partial charge in [-0.3, -0.25) is 4.79 Å². The highest BCUT2D eigenvalue weighted by molar-refractivity contribution is 5.83. The summed E-state index contributed by atoms with van der Waals surface area (Å²) in [6, 6.07) is -0.763. The van der Waals surface area contributed by atoms with E-state index in [-0.39, 0.29) is 11.8 Å². The fraction of sp³-hybridized carbons (Fsp3) is 0.846. The van der Waals surface area contributed by atoms with Crippen LogP contribution in [0.5, 0.6) is 0 Å². The van der Waals surface area contributed by atoms with E-state index in [1.54, 1.807) is 13.8 Å². The molecule has 1 amide bonds. The maximum absolute atomic E-state index is 11.8. The smallest absolute Gasteiger partial charge is 0.326 e. The van der Waals surface area contributed by atoms with Gasteiger partial charge in [-0.05, 0) is 30.6 Å². The van der Waals surface area contributed by atoms with Crippen LogP contribution in [-0.2, 0) is 9.59 Å². The first-order chi connectivity index (χ1) is 7.90. The van der Waals surface area contributed by atoms with Crippen molar-refractivity contribution in [1.82, 2.24) is 5.32 Å². The Morgan fingerprint density at radius 3 is 2.41 bits per heavy atom. The second-order valence-corrected chi connectivity index (χ2v) is 5.62. The summed E-state index contributed by atoms with van der Waals surface area (Å²) in [6.45, 7) is 5.81. The number of amides is 1. The number of nitrogens with one attached hydrogen (secondary N) is 1. The van der Waals surface area contributed by atoms with Gasteiger partial charge in [0, 0.05) is 6.42 Å². The standard InChI is InChI=1S/C13H23NO3/c1-8(2)12(13(16)17)14-11(15)7-10-5-4-9(3)6-10/h8-10,12H,4-7H2,1-3H3,(H,14,15)(H,16,17)/t9?,10?,12-/m1/s1. The first kappa shape index (κ1) is 14.0. The Morgan fingerprint density at radius 1 is 1.35 bits per heavy atom. The van der Waals surface area contributed by atoms with Crippen LogP contribution in [0.15, 0.2) is 0 Å². The van der Waals surface area contributed by atoms with Crippen LogP contribution in [0.2, 0.25) is 0 Å². The number of aliphatic carboxylic acids is 1. The molecule has 0 aromatic carbocycles. The third-order valence-corrected chi connectivity index (χ3v) is 3.53. The first-order valence-electron chi connectivity index (χ1n) is 6.42. The normalized spacial score (nSPS) is 25.9. The van der Waals surface area contributed by atoms with Gasteiger partial charge in [-0.1, -0.05) is 27.2 Å². The van der Waals surface area contributed by atoms with Crippen LogP contribution in [0.4, 0.5) is 0 Å². The van der Waals surface area contributed by atoms with Gasteiger partial charge in [0.1, 0.15) is 6.04 Å². The number of rotatable bonds is 5. The molecular weight excluding hydrogens is 218 g/mol. The van der Waals surface area contributed by atoms with Crippen LogP contribution < -0.4 is 5.32 Å². The molecule has 98 valence electrons. The fourth-order valence-corrected chi connectivity index (χ4v) is 2.52. The maximum Gasteiger partial charge on any atom is 0.326 e. The average molecular weight is 241 g/mol. The molecule has 1 rings (SSSR count). The zero-order valence-corrected chi connectivity index (χ0v) is 10.9. The highest BCUT2D eigenvalue weighted by Crippen LogP contribution is 2.32. The summed E-state index contributed by atoms with van der Waals surface area (Å²) in [5.41, 5.74) is 0. The van der Waals surface area contributed by atoms with Gasteiger partial charge in [-0.15, -0.1) is 0 Å². The first-order valence-corrected chi connectivity index (χ1v) is 6.42. The molecule has 0 bridgehead atoms. The fourth-order valence-electron chi connectivity index (χ4n) is 2.52. The van der Waals surface area contributed by atoms with Crippen molar-refractivity contribution in [2.75, 3.05) is 0 Å². The van der Waals surface area contributed by atoms with Crippen molar-refractivity contribution in [1.29, 1.82) is 0 Å². The van der Waals surface area contributed by atoms with Gasteiger partial charge in [0.05, 0.1) is 0 Å². The lowest BCUT2D eigenvalue weighted by Crippen LogP contribution is -2.44. The lowest BCUT2D eigenvalue weighted by molar-refractivity contribution is -0.143. The van der Waals surface area contributed by atoms with Crippen LogP contribution in [0.25, 0.3) is 0 Å². The molecule has 2 unspecified atom stereocenters. The quantitative estimate of drug-likeness (QED) is 0.774. The van der Waals surface area contributed by atoms with Crippen LogP contribution >= 0.6 is 0 Å². The molecule has 2 N–H and O–H groups in total. The highest BCUT2D eigenvalue weighted by Gasteiger charge is 2.27. The minimum atomic E-state index is -0.951. The minimum absolute atomic E-state index is 0.0843. The Balaban J connectivity index is 2.40. The molecule has 4 heteroatoms. The Kier molecular flexibility index (Phi) is 4.97. The predicted molar refractivity (Wildman–Crippen MR) is 65.5 cm³/mol. The van der Waals surface area contributed by atoms with E-state index in [1.165, 1.54) is 6.42 Å². The summed E-state index contributed by atoms with van der Waals surface area (Å²) in [5.74, 6) is -0.0166. The molecule has 0 aromatic rings. The number of hydrogen-bond acceptors (Lipinski definition) is 2.